The lowest BCUT2D eigenvalue weighted by Crippen LogP contribution is -2.60. The molecule has 2 aromatic heterocycles. The first-order valence-corrected chi connectivity index (χ1v) is 24.9. The molecule has 67 heavy (non-hydrogen) atoms. The van der Waals surface area contributed by atoms with Gasteiger partial charge in [-0.15, -0.1) is 22.7 Å². The van der Waals surface area contributed by atoms with Crippen molar-refractivity contribution >= 4 is 120 Å². The summed E-state index contributed by atoms with van der Waals surface area (Å²) in [6.07, 6.45) is 0. The van der Waals surface area contributed by atoms with Gasteiger partial charge in [0, 0.05) is 63.2 Å². The first-order valence-electron chi connectivity index (χ1n) is 23.3. The third-order valence-corrected chi connectivity index (χ3v) is 16.8. The standard InChI is InChI=1S/C62H43BN2S2/c1-62(2,3)43-29-33-52(49(35-43)40-18-8-5-9-19-40)64-54-34-42-21-11-12-22-45(42)57-51-36-50-47-24-14-15-25-55(47)66-56(50)37-53(51)65(44-30-26-39(27-31-44)38-16-6-4-7-17-38)63(58(54)57)61-59(64)48-32-28-41-20-10-13-23-46(41)60(48)67-61/h4-37H,1-3H3. The number of benzene rings is 10. The normalized spacial score (nSPS) is 13.2. The first-order chi connectivity index (χ1) is 32.9. The Morgan fingerprint density at radius 2 is 1.10 bits per heavy atom. The summed E-state index contributed by atoms with van der Waals surface area (Å²) in [7, 11) is 0. The van der Waals surface area contributed by atoms with E-state index in [0.717, 1.165) is 0 Å². The fourth-order valence-corrected chi connectivity index (χ4v) is 13.7. The fraction of sp³-hybridized carbons (Fsp3) is 0.0645. The van der Waals surface area contributed by atoms with E-state index in [1.54, 1.807) is 0 Å². The van der Waals surface area contributed by atoms with Crippen LogP contribution in [0.2, 0.25) is 0 Å². The minimum absolute atomic E-state index is 0.0340. The highest BCUT2D eigenvalue weighted by molar-refractivity contribution is 7.33. The van der Waals surface area contributed by atoms with Crippen molar-refractivity contribution in [2.75, 3.05) is 9.71 Å². The van der Waals surface area contributed by atoms with E-state index in [-0.39, 0.29) is 12.3 Å². The summed E-state index contributed by atoms with van der Waals surface area (Å²) in [6, 6.07) is 77.7. The summed E-state index contributed by atoms with van der Waals surface area (Å²) in [4.78, 5) is 5.36. The van der Waals surface area contributed by atoms with E-state index in [1.165, 1.54) is 129 Å². The minimum atomic E-state index is -0.118. The average Bonchev–Trinajstić information content (AvgIpc) is 3.94. The molecule has 0 saturated heterocycles. The molecular weight excluding hydrogens is 848 g/mol. The topological polar surface area (TPSA) is 6.48 Å². The molecule has 4 heterocycles. The fourth-order valence-electron chi connectivity index (χ4n) is 11.2. The highest BCUT2D eigenvalue weighted by Crippen LogP contribution is 2.55. The van der Waals surface area contributed by atoms with Crippen molar-refractivity contribution in [1.82, 2.24) is 0 Å². The van der Waals surface area contributed by atoms with Gasteiger partial charge in [0.2, 0.25) is 0 Å². The van der Waals surface area contributed by atoms with Gasteiger partial charge < -0.3 is 9.71 Å². The quantitative estimate of drug-likeness (QED) is 0.162. The first kappa shape index (κ1) is 38.8. The van der Waals surface area contributed by atoms with Crippen LogP contribution < -0.4 is 20.0 Å². The number of fused-ring (bicyclic) bond motifs is 13. The summed E-state index contributed by atoms with van der Waals surface area (Å²) < 4.78 is 5.30. The number of anilines is 5. The maximum Gasteiger partial charge on any atom is 0.343 e. The van der Waals surface area contributed by atoms with Gasteiger partial charge in [-0.3, -0.25) is 0 Å². The van der Waals surface area contributed by atoms with Gasteiger partial charge in [-0.25, -0.2) is 0 Å². The average molecular weight is 891 g/mol. The molecule has 2 aliphatic heterocycles. The van der Waals surface area contributed by atoms with Crippen LogP contribution in [0.15, 0.2) is 206 Å². The summed E-state index contributed by atoms with van der Waals surface area (Å²) >= 11 is 3.88. The highest BCUT2D eigenvalue weighted by Gasteiger charge is 2.48. The monoisotopic (exact) mass is 890 g/mol. The molecule has 0 atom stereocenters. The zero-order chi connectivity index (χ0) is 44.5. The zero-order valence-corrected chi connectivity index (χ0v) is 39.1. The van der Waals surface area contributed by atoms with E-state index in [1.807, 2.05) is 22.7 Å². The second-order valence-electron chi connectivity index (χ2n) is 19.2. The second kappa shape index (κ2) is 14.5. The maximum absolute atomic E-state index is 2.70. The molecule has 10 aromatic carbocycles. The molecule has 12 aromatic rings. The number of nitrogens with zero attached hydrogens (tertiary/aromatic N) is 2. The zero-order valence-electron chi connectivity index (χ0n) is 37.4. The number of rotatable bonds is 4. The SMILES string of the molecule is CC(C)(C)c1ccc(N2c3cc4ccccc4c4c3B(c3sc5c(ccc6ccccc65)c32)N(c2ccc(-c3ccccc3)cc2)c2cc3sc5ccccc5c3cc2-4)c(-c2ccccc2)c1. The Morgan fingerprint density at radius 3 is 1.88 bits per heavy atom. The number of hydrogen-bond donors (Lipinski definition) is 0. The van der Waals surface area contributed by atoms with Crippen molar-refractivity contribution in [3.63, 3.8) is 0 Å². The van der Waals surface area contributed by atoms with Crippen LogP contribution in [0.4, 0.5) is 28.4 Å². The Hall–Kier alpha value is -7.44. The molecule has 0 saturated carbocycles. The van der Waals surface area contributed by atoms with E-state index in [4.69, 9.17) is 0 Å². The molecule has 0 radical (unpaired) electrons. The molecule has 2 aliphatic rings. The van der Waals surface area contributed by atoms with Gasteiger partial charge >= 0.3 is 6.85 Å². The molecule has 0 bridgehead atoms. The summed E-state index contributed by atoms with van der Waals surface area (Å²) in [6.45, 7) is 6.85. The largest absolute Gasteiger partial charge is 0.376 e. The van der Waals surface area contributed by atoms with Crippen molar-refractivity contribution in [3.05, 3.63) is 212 Å². The highest BCUT2D eigenvalue weighted by atomic mass is 32.1. The molecule has 14 rings (SSSR count). The van der Waals surface area contributed by atoms with Gasteiger partial charge in [0.15, 0.2) is 0 Å². The van der Waals surface area contributed by atoms with Crippen LogP contribution in [0, 0.1) is 0 Å². The van der Waals surface area contributed by atoms with E-state index in [9.17, 15) is 0 Å². The van der Waals surface area contributed by atoms with Crippen molar-refractivity contribution in [1.29, 1.82) is 0 Å². The molecule has 5 heteroatoms. The third kappa shape index (κ3) is 5.81. The van der Waals surface area contributed by atoms with Crippen LogP contribution in [-0.4, -0.2) is 6.85 Å². The molecule has 316 valence electrons. The van der Waals surface area contributed by atoms with Crippen LogP contribution in [0.25, 0.3) is 85.2 Å². The molecular formula is C62H43BN2S2. The van der Waals surface area contributed by atoms with Crippen molar-refractivity contribution in [2.24, 2.45) is 0 Å². The predicted molar refractivity (Wildman–Crippen MR) is 293 cm³/mol. The number of hydrogen-bond acceptors (Lipinski definition) is 4. The molecule has 0 aliphatic carbocycles. The molecule has 2 nitrogen and oxygen atoms in total. The molecule has 0 amide bonds. The Labute approximate surface area is 398 Å². The van der Waals surface area contributed by atoms with Crippen LogP contribution >= 0.6 is 22.7 Å². The van der Waals surface area contributed by atoms with Crippen molar-refractivity contribution in [2.45, 2.75) is 26.2 Å². The van der Waals surface area contributed by atoms with Crippen LogP contribution in [-0.2, 0) is 5.41 Å². The second-order valence-corrected chi connectivity index (χ2v) is 21.4. The van der Waals surface area contributed by atoms with E-state index in [2.05, 4.69) is 237 Å². The Kier molecular flexibility index (Phi) is 8.41. The van der Waals surface area contributed by atoms with E-state index in [0.29, 0.717) is 0 Å². The Bertz CT molecular complexity index is 3980. The van der Waals surface area contributed by atoms with E-state index >= 15 is 0 Å². The lowest BCUT2D eigenvalue weighted by atomic mass is 9.46. The molecule has 0 N–H and O–H groups in total. The van der Waals surface area contributed by atoms with Crippen LogP contribution in [0.5, 0.6) is 0 Å². The van der Waals surface area contributed by atoms with Crippen LogP contribution in [0.3, 0.4) is 0 Å². The summed E-state index contributed by atoms with van der Waals surface area (Å²) in [5.74, 6) is 0. The predicted octanol–water partition coefficient (Wildman–Crippen LogP) is 16.9. The van der Waals surface area contributed by atoms with Gasteiger partial charge in [-0.1, -0.05) is 178 Å². The summed E-state index contributed by atoms with van der Waals surface area (Å²) in [5, 5.41) is 8.98. The minimum Gasteiger partial charge on any atom is -0.376 e. The Morgan fingerprint density at radius 1 is 0.433 bits per heavy atom. The smallest absolute Gasteiger partial charge is 0.343 e. The maximum atomic E-state index is 2.70. The van der Waals surface area contributed by atoms with Crippen molar-refractivity contribution in [3.8, 4) is 33.4 Å². The molecule has 0 unspecified atom stereocenters. The van der Waals surface area contributed by atoms with Gasteiger partial charge in [-0.05, 0) is 109 Å². The Balaban J connectivity index is 1.15. The molecule has 0 spiro atoms. The number of thiophene rings is 2. The van der Waals surface area contributed by atoms with Gasteiger partial charge in [0.1, 0.15) is 0 Å². The summed E-state index contributed by atoms with van der Waals surface area (Å²) in [5.41, 5.74) is 16.2. The van der Waals surface area contributed by atoms with Crippen LogP contribution in [0.1, 0.15) is 26.3 Å². The van der Waals surface area contributed by atoms with E-state index < -0.39 is 0 Å². The molecule has 0 fully saturated rings. The lowest BCUT2D eigenvalue weighted by molar-refractivity contribution is 0.590. The van der Waals surface area contributed by atoms with Gasteiger partial charge in [0.05, 0.1) is 11.4 Å². The van der Waals surface area contributed by atoms with Gasteiger partial charge in [0.25, 0.3) is 0 Å². The van der Waals surface area contributed by atoms with Crippen molar-refractivity contribution < 1.29 is 0 Å². The third-order valence-electron chi connectivity index (χ3n) is 14.4. The van der Waals surface area contributed by atoms with Gasteiger partial charge in [-0.2, -0.15) is 0 Å². The lowest BCUT2D eigenvalue weighted by Gasteiger charge is -2.45.